The Kier molecular flexibility index (Phi) is 7.09. The molecule has 0 saturated carbocycles. The Bertz CT molecular complexity index is 901. The molecule has 2 aromatic rings. The van der Waals surface area contributed by atoms with Crippen molar-refractivity contribution in [3.8, 4) is 17.2 Å². The van der Waals surface area contributed by atoms with E-state index in [0.29, 0.717) is 42.6 Å². The van der Waals surface area contributed by atoms with E-state index in [0.717, 1.165) is 0 Å². The highest BCUT2D eigenvalue weighted by atomic mass is 16.6. The predicted molar refractivity (Wildman–Crippen MR) is 107 cm³/mol. The molecule has 0 saturated heterocycles. The Morgan fingerprint density at radius 1 is 1.03 bits per heavy atom. The monoisotopic (exact) mass is 414 g/mol. The van der Waals surface area contributed by atoms with Crippen LogP contribution in [-0.2, 0) is 14.3 Å². The highest BCUT2D eigenvalue weighted by Crippen LogP contribution is 2.32. The van der Waals surface area contributed by atoms with E-state index in [9.17, 15) is 14.4 Å². The second-order valence-corrected chi connectivity index (χ2v) is 6.30. The Morgan fingerprint density at radius 2 is 1.77 bits per heavy atom. The van der Waals surface area contributed by atoms with Crippen molar-refractivity contribution in [3.05, 3.63) is 48.5 Å². The van der Waals surface area contributed by atoms with Crippen LogP contribution in [-0.4, -0.2) is 43.8 Å². The van der Waals surface area contributed by atoms with Gasteiger partial charge in [0.1, 0.15) is 19.0 Å². The summed E-state index contributed by atoms with van der Waals surface area (Å²) in [6.07, 6.45) is -0.494. The lowest BCUT2D eigenvalue weighted by Gasteiger charge is -2.19. The van der Waals surface area contributed by atoms with Gasteiger partial charge in [-0.3, -0.25) is 10.1 Å². The lowest BCUT2D eigenvalue weighted by atomic mass is 10.2. The standard InChI is InChI=1S/C21H22N2O7/c1-2-16(30-15-6-4-3-5-7-15)20(25)29-13-19(24)23-21(26)22-14-8-9-17-18(12-14)28-11-10-27-17/h3-9,12,16H,2,10-11,13H2,1H3,(H2,22,23,24,26)/t16-/m1/s1. The maximum Gasteiger partial charge on any atom is 0.347 e. The summed E-state index contributed by atoms with van der Waals surface area (Å²) in [4.78, 5) is 36.0. The van der Waals surface area contributed by atoms with E-state index in [2.05, 4.69) is 10.6 Å². The molecule has 1 aliphatic heterocycles. The predicted octanol–water partition coefficient (Wildman–Crippen LogP) is 2.51. The Hall–Kier alpha value is -3.75. The lowest BCUT2D eigenvalue weighted by molar-refractivity contribution is -0.155. The van der Waals surface area contributed by atoms with E-state index >= 15 is 0 Å². The van der Waals surface area contributed by atoms with Gasteiger partial charge in [0.15, 0.2) is 24.2 Å². The number of fused-ring (bicyclic) bond motifs is 1. The molecule has 0 aliphatic carbocycles. The summed E-state index contributed by atoms with van der Waals surface area (Å²) < 4.78 is 21.4. The first kappa shape index (κ1) is 21.0. The van der Waals surface area contributed by atoms with Crippen LogP contribution in [0.1, 0.15) is 13.3 Å². The molecule has 0 spiro atoms. The summed E-state index contributed by atoms with van der Waals surface area (Å²) in [5.41, 5.74) is 0.420. The van der Waals surface area contributed by atoms with Gasteiger partial charge in [-0.25, -0.2) is 9.59 Å². The van der Waals surface area contributed by atoms with Crippen LogP contribution in [0.5, 0.6) is 17.2 Å². The molecule has 1 aliphatic rings. The fraction of sp³-hybridized carbons (Fsp3) is 0.286. The maximum atomic E-state index is 12.1. The lowest BCUT2D eigenvalue weighted by Crippen LogP contribution is -2.38. The minimum absolute atomic E-state index is 0.361. The number of carbonyl (C=O) groups is 3. The summed E-state index contributed by atoms with van der Waals surface area (Å²) in [7, 11) is 0. The van der Waals surface area contributed by atoms with Gasteiger partial charge in [-0.05, 0) is 30.7 Å². The molecule has 1 heterocycles. The smallest absolute Gasteiger partial charge is 0.347 e. The summed E-state index contributed by atoms with van der Waals surface area (Å²) in [6.45, 7) is 2.03. The Labute approximate surface area is 173 Å². The van der Waals surface area contributed by atoms with Crippen LogP contribution >= 0.6 is 0 Å². The number of amides is 3. The van der Waals surface area contributed by atoms with E-state index in [-0.39, 0.29) is 0 Å². The number of esters is 1. The molecule has 0 unspecified atom stereocenters. The first-order chi connectivity index (χ1) is 14.5. The SMILES string of the molecule is CC[C@@H](Oc1ccccc1)C(=O)OCC(=O)NC(=O)Nc1ccc2c(c1)OCCO2. The Morgan fingerprint density at radius 3 is 2.50 bits per heavy atom. The van der Waals surface area contributed by atoms with Gasteiger partial charge < -0.3 is 24.3 Å². The molecule has 2 N–H and O–H groups in total. The number of rotatable bonds is 7. The van der Waals surface area contributed by atoms with Crippen LogP contribution in [0, 0.1) is 0 Å². The molecule has 0 fully saturated rings. The molecule has 9 nitrogen and oxygen atoms in total. The zero-order valence-corrected chi connectivity index (χ0v) is 16.4. The number of hydrogen-bond donors (Lipinski definition) is 2. The highest BCUT2D eigenvalue weighted by Gasteiger charge is 2.21. The zero-order chi connectivity index (χ0) is 21.3. The third-order valence-electron chi connectivity index (χ3n) is 4.05. The third kappa shape index (κ3) is 5.87. The van der Waals surface area contributed by atoms with E-state index in [1.54, 1.807) is 49.4 Å². The molecule has 2 aromatic carbocycles. The van der Waals surface area contributed by atoms with Gasteiger partial charge in [-0.2, -0.15) is 0 Å². The maximum absolute atomic E-state index is 12.1. The summed E-state index contributed by atoms with van der Waals surface area (Å²) in [5, 5.41) is 4.60. The van der Waals surface area contributed by atoms with Gasteiger partial charge in [0.2, 0.25) is 0 Å². The second kappa shape index (κ2) is 10.1. The number of anilines is 1. The summed E-state index contributed by atoms with van der Waals surface area (Å²) in [6, 6.07) is 12.9. The van der Waals surface area contributed by atoms with Crippen LogP contribution in [0.2, 0.25) is 0 Å². The molecule has 30 heavy (non-hydrogen) atoms. The van der Waals surface area contributed by atoms with E-state index in [1.807, 2.05) is 6.07 Å². The van der Waals surface area contributed by atoms with Crippen molar-refractivity contribution < 1.29 is 33.3 Å². The molecule has 1 atom stereocenters. The van der Waals surface area contributed by atoms with Gasteiger partial charge >= 0.3 is 12.0 Å². The quantitative estimate of drug-likeness (QED) is 0.670. The molecule has 3 rings (SSSR count). The first-order valence-electron chi connectivity index (χ1n) is 9.44. The molecule has 0 bridgehead atoms. The van der Waals surface area contributed by atoms with Gasteiger partial charge in [0.05, 0.1) is 0 Å². The van der Waals surface area contributed by atoms with E-state index < -0.39 is 30.6 Å². The fourth-order valence-corrected chi connectivity index (χ4v) is 2.64. The minimum atomic E-state index is -0.855. The molecule has 3 amide bonds. The number of para-hydroxylation sites is 1. The van der Waals surface area contributed by atoms with Crippen molar-refractivity contribution in [1.82, 2.24) is 5.32 Å². The van der Waals surface area contributed by atoms with Gasteiger partial charge in [-0.15, -0.1) is 0 Å². The van der Waals surface area contributed by atoms with Gasteiger partial charge in [-0.1, -0.05) is 25.1 Å². The largest absolute Gasteiger partial charge is 0.486 e. The van der Waals surface area contributed by atoms with Crippen molar-refractivity contribution in [1.29, 1.82) is 0 Å². The third-order valence-corrected chi connectivity index (χ3v) is 4.05. The zero-order valence-electron chi connectivity index (χ0n) is 16.4. The van der Waals surface area contributed by atoms with Crippen LogP contribution in [0.15, 0.2) is 48.5 Å². The topological polar surface area (TPSA) is 112 Å². The number of hydrogen-bond acceptors (Lipinski definition) is 7. The molecule has 9 heteroatoms. The number of imide groups is 1. The van der Waals surface area contributed by atoms with Gasteiger partial charge in [0, 0.05) is 11.8 Å². The molecular formula is C21H22N2O7. The first-order valence-corrected chi connectivity index (χ1v) is 9.44. The minimum Gasteiger partial charge on any atom is -0.486 e. The van der Waals surface area contributed by atoms with E-state index in [4.69, 9.17) is 18.9 Å². The molecule has 158 valence electrons. The average Bonchev–Trinajstić information content (AvgIpc) is 2.76. The van der Waals surface area contributed by atoms with Crippen LogP contribution in [0.3, 0.4) is 0 Å². The van der Waals surface area contributed by atoms with Crippen LogP contribution in [0.25, 0.3) is 0 Å². The molecule has 0 aromatic heterocycles. The van der Waals surface area contributed by atoms with Crippen LogP contribution < -0.4 is 24.8 Å². The summed E-state index contributed by atoms with van der Waals surface area (Å²) in [5.74, 6) is 0.142. The number of ether oxygens (including phenoxy) is 4. The van der Waals surface area contributed by atoms with Crippen molar-refractivity contribution >= 4 is 23.6 Å². The normalized spacial score (nSPS) is 13.0. The summed E-state index contributed by atoms with van der Waals surface area (Å²) >= 11 is 0. The fourth-order valence-electron chi connectivity index (χ4n) is 2.64. The van der Waals surface area contributed by atoms with Crippen molar-refractivity contribution in [3.63, 3.8) is 0 Å². The number of urea groups is 1. The Balaban J connectivity index is 1.44. The highest BCUT2D eigenvalue weighted by molar-refractivity contribution is 6.02. The number of nitrogens with one attached hydrogen (secondary N) is 2. The van der Waals surface area contributed by atoms with Gasteiger partial charge in [0.25, 0.3) is 5.91 Å². The number of benzene rings is 2. The van der Waals surface area contributed by atoms with Crippen molar-refractivity contribution in [2.75, 3.05) is 25.1 Å². The molecular weight excluding hydrogens is 392 g/mol. The van der Waals surface area contributed by atoms with E-state index in [1.165, 1.54) is 0 Å². The second-order valence-electron chi connectivity index (χ2n) is 6.30. The molecule has 0 radical (unpaired) electrons. The average molecular weight is 414 g/mol. The van der Waals surface area contributed by atoms with Crippen molar-refractivity contribution in [2.45, 2.75) is 19.4 Å². The van der Waals surface area contributed by atoms with Crippen LogP contribution in [0.4, 0.5) is 10.5 Å². The van der Waals surface area contributed by atoms with Crippen molar-refractivity contribution in [2.24, 2.45) is 0 Å². The number of carbonyl (C=O) groups excluding carboxylic acids is 3.